The fourth-order valence-electron chi connectivity index (χ4n) is 1.88. The minimum absolute atomic E-state index is 0.0441. The Labute approximate surface area is 141 Å². The third-order valence-electron chi connectivity index (χ3n) is 2.90. The maximum absolute atomic E-state index is 12.8. The Hall–Kier alpha value is 0.330. The van der Waals surface area contributed by atoms with E-state index in [1.807, 2.05) is 0 Å². The van der Waals surface area contributed by atoms with Crippen LogP contribution < -0.4 is 0 Å². The van der Waals surface area contributed by atoms with Crippen LogP contribution in [0.2, 0.25) is 0 Å². The highest BCUT2D eigenvalue weighted by Gasteiger charge is 2.30. The van der Waals surface area contributed by atoms with Gasteiger partial charge in [0.15, 0.2) is 0 Å². The van der Waals surface area contributed by atoms with Crippen LogP contribution >= 0.6 is 30.7 Å². The molecule has 22 heavy (non-hydrogen) atoms. The Morgan fingerprint density at radius 1 is 0.864 bits per heavy atom. The van der Waals surface area contributed by atoms with E-state index in [9.17, 15) is 13.9 Å². The van der Waals surface area contributed by atoms with Crippen molar-refractivity contribution in [1.29, 1.82) is 0 Å². The zero-order valence-corrected chi connectivity index (χ0v) is 17.0. The fourth-order valence-corrected chi connectivity index (χ4v) is 8.62. The van der Waals surface area contributed by atoms with Gasteiger partial charge < -0.3 is 13.8 Å². The molecule has 0 rings (SSSR count). The van der Waals surface area contributed by atoms with Crippen LogP contribution in [0.15, 0.2) is 0 Å². The molecule has 0 spiro atoms. The summed E-state index contributed by atoms with van der Waals surface area (Å²) in [5.41, 5.74) is 0. The van der Waals surface area contributed by atoms with Gasteiger partial charge in [0, 0.05) is 30.0 Å². The maximum atomic E-state index is 12.8. The van der Waals surface area contributed by atoms with Gasteiger partial charge in [-0.25, -0.2) is 0 Å². The molecule has 0 aliphatic heterocycles. The third-order valence-corrected chi connectivity index (χ3v) is 9.34. The Balaban J connectivity index is 4.69. The molecule has 0 amide bonds. The van der Waals surface area contributed by atoms with Gasteiger partial charge in [-0.2, -0.15) is 0 Å². The summed E-state index contributed by atoms with van der Waals surface area (Å²) in [6.07, 6.45) is 0.907. The quantitative estimate of drug-likeness (QED) is 0.255. The van der Waals surface area contributed by atoms with E-state index in [4.69, 9.17) is 13.8 Å². The second-order valence-corrected chi connectivity index (χ2v) is 11.0. The lowest BCUT2D eigenvalue weighted by atomic mass is 10.5. The van der Waals surface area contributed by atoms with Crippen LogP contribution in [0.1, 0.15) is 27.2 Å². The number of esters is 1. The first-order valence-electron chi connectivity index (χ1n) is 7.51. The number of hydrogen-bond donors (Lipinski definition) is 0. The number of carbonyl (C=O) groups is 1. The molecule has 0 aromatic heterocycles. The molecule has 6 nitrogen and oxygen atoms in total. The summed E-state index contributed by atoms with van der Waals surface area (Å²) in [5, 5.41) is 0.562. The van der Waals surface area contributed by atoms with E-state index in [2.05, 4.69) is 15.9 Å². The molecule has 0 bridgehead atoms. The van der Waals surface area contributed by atoms with Crippen molar-refractivity contribution in [2.24, 2.45) is 0 Å². The number of hydrogen-bond acceptors (Lipinski definition) is 6. The van der Waals surface area contributed by atoms with Gasteiger partial charge in [0.05, 0.1) is 26.2 Å². The van der Waals surface area contributed by atoms with E-state index in [0.717, 1.165) is 0 Å². The number of carbonyl (C=O) groups excluding carboxylic acids is 1. The Kier molecular flexibility index (Phi) is 12.0. The first-order chi connectivity index (χ1) is 10.3. The van der Waals surface area contributed by atoms with Crippen molar-refractivity contribution in [1.82, 2.24) is 0 Å². The van der Waals surface area contributed by atoms with Crippen molar-refractivity contribution in [3.8, 4) is 0 Å². The van der Waals surface area contributed by atoms with Gasteiger partial charge in [0.25, 0.3) is 0 Å². The topological polar surface area (TPSA) is 78.9 Å². The average Bonchev–Trinajstić information content (AvgIpc) is 2.45. The van der Waals surface area contributed by atoms with Gasteiger partial charge in [0.1, 0.15) is 0 Å². The Bertz CT molecular complexity index is 405. The van der Waals surface area contributed by atoms with Crippen LogP contribution in [0.3, 0.4) is 0 Å². The van der Waals surface area contributed by atoms with Crippen LogP contribution in [0.25, 0.3) is 0 Å². The van der Waals surface area contributed by atoms with Crippen molar-refractivity contribution < 1.29 is 27.7 Å². The predicted octanol–water partition coefficient (Wildman–Crippen LogP) is 3.96. The molecule has 0 heterocycles. The largest absolute Gasteiger partial charge is 0.466 e. The second-order valence-electron chi connectivity index (χ2n) is 4.60. The summed E-state index contributed by atoms with van der Waals surface area (Å²) in [5.74, 6) is -0.393. The molecule has 0 saturated heterocycles. The highest BCUT2D eigenvalue weighted by atomic mass is 79.9. The van der Waals surface area contributed by atoms with Gasteiger partial charge in [0.2, 0.25) is 14.7 Å². The minimum atomic E-state index is -3.01. The van der Waals surface area contributed by atoms with E-state index in [1.54, 1.807) is 20.8 Å². The van der Waals surface area contributed by atoms with Gasteiger partial charge in [-0.1, -0.05) is 15.9 Å². The summed E-state index contributed by atoms with van der Waals surface area (Å²) in [6.45, 7) is 6.19. The SMILES string of the molecule is CCOC(=O)CCP(=O)(CCP(=O)(CCBr)OCC)OCC. The number of ether oxygens (including phenoxy) is 1. The van der Waals surface area contributed by atoms with E-state index in [-0.39, 0.29) is 31.5 Å². The number of alkyl halides is 1. The van der Waals surface area contributed by atoms with Crippen LogP contribution in [0.5, 0.6) is 0 Å². The lowest BCUT2D eigenvalue weighted by Crippen LogP contribution is -2.12. The summed E-state index contributed by atoms with van der Waals surface area (Å²) in [4.78, 5) is 11.4. The second kappa shape index (κ2) is 11.8. The van der Waals surface area contributed by atoms with E-state index >= 15 is 0 Å². The smallest absolute Gasteiger partial charge is 0.306 e. The van der Waals surface area contributed by atoms with Crippen molar-refractivity contribution >= 4 is 36.6 Å². The minimum Gasteiger partial charge on any atom is -0.466 e. The Morgan fingerprint density at radius 3 is 1.77 bits per heavy atom. The third kappa shape index (κ3) is 9.46. The van der Waals surface area contributed by atoms with E-state index < -0.39 is 20.7 Å². The highest BCUT2D eigenvalue weighted by molar-refractivity contribution is 9.09. The molecule has 0 fully saturated rings. The lowest BCUT2D eigenvalue weighted by molar-refractivity contribution is -0.142. The molecular formula is C13H27BrO6P2. The molecule has 9 heteroatoms. The fraction of sp³-hybridized carbons (Fsp3) is 0.923. The molecular weight excluding hydrogens is 394 g/mol. The summed E-state index contributed by atoms with van der Waals surface area (Å²) in [7, 11) is -5.82. The van der Waals surface area contributed by atoms with Gasteiger partial charge in [-0.05, 0) is 20.8 Å². The summed E-state index contributed by atoms with van der Waals surface area (Å²) >= 11 is 3.26. The summed E-state index contributed by atoms with van der Waals surface area (Å²) < 4.78 is 40.9. The molecule has 0 aromatic carbocycles. The molecule has 0 radical (unpaired) electrons. The molecule has 0 N–H and O–H groups in total. The monoisotopic (exact) mass is 420 g/mol. The molecule has 0 aromatic rings. The normalized spacial score (nSPS) is 16.7. The molecule has 0 aliphatic rings. The number of rotatable bonds is 13. The highest BCUT2D eigenvalue weighted by Crippen LogP contribution is 2.54. The Morgan fingerprint density at radius 2 is 1.36 bits per heavy atom. The maximum Gasteiger partial charge on any atom is 0.306 e. The van der Waals surface area contributed by atoms with E-state index in [0.29, 0.717) is 24.7 Å². The van der Waals surface area contributed by atoms with Crippen molar-refractivity contribution in [3.63, 3.8) is 0 Å². The number of halogens is 1. The van der Waals surface area contributed by atoms with Crippen molar-refractivity contribution in [2.75, 3.05) is 49.8 Å². The van der Waals surface area contributed by atoms with Crippen molar-refractivity contribution in [3.05, 3.63) is 0 Å². The van der Waals surface area contributed by atoms with Crippen LogP contribution in [-0.2, 0) is 27.7 Å². The standard InChI is InChI=1S/C13H27BrO6P2/c1-4-18-13(15)7-9-21(16,19-5-2)11-12-22(17,10-8-14)20-6-3/h4-12H2,1-3H3. The van der Waals surface area contributed by atoms with Gasteiger partial charge in [-0.15, -0.1) is 0 Å². The molecule has 0 aliphatic carbocycles. The lowest BCUT2D eigenvalue weighted by Gasteiger charge is -2.21. The van der Waals surface area contributed by atoms with Crippen LogP contribution in [0, 0.1) is 0 Å². The molecule has 0 saturated carbocycles. The van der Waals surface area contributed by atoms with Gasteiger partial charge in [-0.3, -0.25) is 13.9 Å². The first-order valence-corrected chi connectivity index (χ1v) is 12.6. The average molecular weight is 421 g/mol. The van der Waals surface area contributed by atoms with Crippen LogP contribution in [0.4, 0.5) is 0 Å². The zero-order chi connectivity index (χ0) is 17.1. The van der Waals surface area contributed by atoms with Crippen molar-refractivity contribution in [2.45, 2.75) is 27.2 Å². The summed E-state index contributed by atoms with van der Waals surface area (Å²) in [6, 6.07) is 0. The molecule has 2 atom stereocenters. The van der Waals surface area contributed by atoms with Crippen LogP contribution in [-0.4, -0.2) is 55.8 Å². The molecule has 132 valence electrons. The predicted molar refractivity (Wildman–Crippen MR) is 93.0 cm³/mol. The van der Waals surface area contributed by atoms with Gasteiger partial charge >= 0.3 is 5.97 Å². The molecule has 2 unspecified atom stereocenters. The zero-order valence-electron chi connectivity index (χ0n) is 13.6. The first kappa shape index (κ1) is 22.3. The van der Waals surface area contributed by atoms with E-state index in [1.165, 1.54) is 0 Å².